The van der Waals surface area contributed by atoms with Crippen molar-refractivity contribution in [3.8, 4) is 5.75 Å². The van der Waals surface area contributed by atoms with Gasteiger partial charge in [0.25, 0.3) is 0 Å². The van der Waals surface area contributed by atoms with E-state index in [1.807, 2.05) is 38.1 Å². The third kappa shape index (κ3) is 3.11. The average Bonchev–Trinajstić information content (AvgIpc) is 2.40. The average molecular weight is 259 g/mol. The van der Waals surface area contributed by atoms with E-state index in [4.69, 9.17) is 10.6 Å². The van der Waals surface area contributed by atoms with Gasteiger partial charge in [-0.05, 0) is 37.6 Å². The van der Waals surface area contributed by atoms with Crippen LogP contribution in [0.5, 0.6) is 5.75 Å². The molecular formula is C13H17N5O. The van der Waals surface area contributed by atoms with Crippen molar-refractivity contribution in [2.45, 2.75) is 13.8 Å². The predicted octanol–water partition coefficient (Wildman–Crippen LogP) is 2.13. The van der Waals surface area contributed by atoms with E-state index in [-0.39, 0.29) is 0 Å². The molecule has 0 spiro atoms. The van der Waals surface area contributed by atoms with Crippen molar-refractivity contribution in [1.82, 2.24) is 9.97 Å². The molecule has 0 bridgehead atoms. The van der Waals surface area contributed by atoms with Crippen molar-refractivity contribution >= 4 is 17.5 Å². The Balaban J connectivity index is 2.28. The van der Waals surface area contributed by atoms with Crippen molar-refractivity contribution in [2.24, 2.45) is 5.84 Å². The van der Waals surface area contributed by atoms with Gasteiger partial charge in [-0.3, -0.25) is 5.43 Å². The summed E-state index contributed by atoms with van der Waals surface area (Å²) in [6.07, 6.45) is 0. The van der Waals surface area contributed by atoms with Crippen LogP contribution in [-0.4, -0.2) is 17.1 Å². The molecule has 100 valence electrons. The van der Waals surface area contributed by atoms with Crippen LogP contribution < -0.4 is 21.3 Å². The number of hydrogen-bond donors (Lipinski definition) is 3. The minimum absolute atomic E-state index is 0.383. The van der Waals surface area contributed by atoms with Crippen molar-refractivity contribution in [2.75, 3.05) is 17.9 Å². The lowest BCUT2D eigenvalue weighted by molar-refractivity contribution is 0.414. The molecule has 2 aromatic rings. The number of nitrogens with two attached hydrogens (primary N) is 1. The van der Waals surface area contributed by atoms with Crippen LogP contribution in [-0.2, 0) is 0 Å². The number of anilines is 3. The third-order valence-corrected chi connectivity index (χ3v) is 2.68. The molecule has 1 aromatic carbocycles. The largest absolute Gasteiger partial charge is 0.497 e. The Labute approximate surface area is 112 Å². The van der Waals surface area contributed by atoms with Gasteiger partial charge in [0.2, 0.25) is 5.95 Å². The number of hydrazine groups is 1. The molecule has 0 aliphatic rings. The molecule has 0 unspecified atom stereocenters. The maximum atomic E-state index is 5.33. The maximum Gasteiger partial charge on any atom is 0.239 e. The Morgan fingerprint density at radius 2 is 1.95 bits per heavy atom. The number of aromatic nitrogens is 2. The van der Waals surface area contributed by atoms with Crippen molar-refractivity contribution < 1.29 is 4.74 Å². The van der Waals surface area contributed by atoms with Crippen LogP contribution >= 0.6 is 0 Å². The lowest BCUT2D eigenvalue weighted by atomic mass is 10.2. The molecule has 0 saturated heterocycles. The molecular weight excluding hydrogens is 242 g/mol. The summed E-state index contributed by atoms with van der Waals surface area (Å²) in [7, 11) is 1.65. The first kappa shape index (κ1) is 13.1. The molecule has 1 aromatic heterocycles. The smallest absolute Gasteiger partial charge is 0.239 e. The molecule has 0 aliphatic carbocycles. The van der Waals surface area contributed by atoms with Crippen molar-refractivity contribution in [3.05, 3.63) is 35.5 Å². The minimum atomic E-state index is 0.383. The topological polar surface area (TPSA) is 85.1 Å². The van der Waals surface area contributed by atoms with E-state index < -0.39 is 0 Å². The summed E-state index contributed by atoms with van der Waals surface area (Å²) in [4.78, 5) is 8.38. The van der Waals surface area contributed by atoms with Crippen molar-refractivity contribution in [3.63, 3.8) is 0 Å². The maximum absolute atomic E-state index is 5.33. The first-order chi connectivity index (χ1) is 9.12. The fourth-order valence-electron chi connectivity index (χ4n) is 1.74. The van der Waals surface area contributed by atoms with Gasteiger partial charge in [-0.25, -0.2) is 10.8 Å². The van der Waals surface area contributed by atoms with Gasteiger partial charge in [0.05, 0.1) is 7.11 Å². The van der Waals surface area contributed by atoms with Gasteiger partial charge >= 0.3 is 0 Å². The van der Waals surface area contributed by atoms with E-state index in [0.29, 0.717) is 11.8 Å². The number of benzene rings is 1. The fraction of sp³-hybridized carbons (Fsp3) is 0.231. The second-order valence-electron chi connectivity index (χ2n) is 4.17. The molecule has 0 saturated carbocycles. The van der Waals surface area contributed by atoms with Gasteiger partial charge in [-0.2, -0.15) is 4.98 Å². The summed E-state index contributed by atoms with van der Waals surface area (Å²) >= 11 is 0. The van der Waals surface area contributed by atoms with Gasteiger partial charge in [-0.1, -0.05) is 0 Å². The highest BCUT2D eigenvalue weighted by Crippen LogP contribution is 2.24. The summed E-state index contributed by atoms with van der Waals surface area (Å²) in [5.41, 5.74) is 5.30. The van der Waals surface area contributed by atoms with Crippen molar-refractivity contribution in [1.29, 1.82) is 0 Å². The van der Waals surface area contributed by atoms with Crippen LogP contribution in [0.3, 0.4) is 0 Å². The predicted molar refractivity (Wildman–Crippen MR) is 75.6 cm³/mol. The molecule has 2 rings (SSSR count). The Hall–Kier alpha value is -2.34. The van der Waals surface area contributed by atoms with Crippen LogP contribution in [0.1, 0.15) is 11.3 Å². The number of nitrogens with one attached hydrogen (secondary N) is 2. The monoisotopic (exact) mass is 259 g/mol. The number of nitrogens with zero attached hydrogens (tertiary/aromatic N) is 2. The molecule has 4 N–H and O–H groups in total. The van der Waals surface area contributed by atoms with Crippen LogP contribution in [0.25, 0.3) is 0 Å². The molecule has 0 radical (unpaired) electrons. The molecule has 6 heteroatoms. The number of nitrogen functional groups attached to an aromatic ring is 1. The van der Waals surface area contributed by atoms with Gasteiger partial charge in [0, 0.05) is 17.4 Å². The van der Waals surface area contributed by atoms with Gasteiger partial charge in [0.1, 0.15) is 11.6 Å². The highest BCUT2D eigenvalue weighted by atomic mass is 16.5. The molecule has 1 heterocycles. The van der Waals surface area contributed by atoms with E-state index >= 15 is 0 Å². The van der Waals surface area contributed by atoms with Crippen LogP contribution in [0.4, 0.5) is 17.5 Å². The fourth-order valence-corrected chi connectivity index (χ4v) is 1.74. The Morgan fingerprint density at radius 3 is 2.58 bits per heavy atom. The number of ether oxygens (including phenoxy) is 1. The molecule has 19 heavy (non-hydrogen) atoms. The second-order valence-corrected chi connectivity index (χ2v) is 4.17. The Bertz CT molecular complexity index is 585. The summed E-state index contributed by atoms with van der Waals surface area (Å²) < 4.78 is 5.18. The van der Waals surface area contributed by atoms with E-state index in [0.717, 1.165) is 22.7 Å². The van der Waals surface area contributed by atoms with Gasteiger partial charge in [-0.15, -0.1) is 0 Å². The van der Waals surface area contributed by atoms with Gasteiger partial charge < -0.3 is 10.1 Å². The van der Waals surface area contributed by atoms with E-state index in [9.17, 15) is 0 Å². The lowest BCUT2D eigenvalue weighted by Crippen LogP contribution is -2.12. The summed E-state index contributed by atoms with van der Waals surface area (Å²) in [5.74, 6) is 7.23. The zero-order chi connectivity index (χ0) is 13.8. The first-order valence-electron chi connectivity index (χ1n) is 5.86. The normalized spacial score (nSPS) is 10.1. The van der Waals surface area contributed by atoms with Crippen LogP contribution in [0.15, 0.2) is 24.3 Å². The van der Waals surface area contributed by atoms with E-state index in [2.05, 4.69) is 20.7 Å². The number of methoxy groups -OCH3 is 1. The quantitative estimate of drug-likeness (QED) is 0.576. The minimum Gasteiger partial charge on any atom is -0.497 e. The zero-order valence-electron chi connectivity index (χ0n) is 11.2. The Kier molecular flexibility index (Phi) is 3.82. The third-order valence-electron chi connectivity index (χ3n) is 2.68. The number of rotatable bonds is 4. The Morgan fingerprint density at radius 1 is 1.16 bits per heavy atom. The molecule has 0 fully saturated rings. The van der Waals surface area contributed by atoms with Crippen LogP contribution in [0.2, 0.25) is 0 Å². The number of hydrogen-bond acceptors (Lipinski definition) is 6. The van der Waals surface area contributed by atoms with E-state index in [1.54, 1.807) is 7.11 Å². The SMILES string of the molecule is COc1ccc(Nc2cc(C)nc(NN)n2)c(C)c1. The molecule has 0 amide bonds. The molecule has 0 aliphatic heterocycles. The standard InChI is InChI=1S/C13H17N5O/c1-8-6-10(19-3)4-5-11(8)16-12-7-9(2)15-13(17-12)18-14/h4-7H,14H2,1-3H3,(H2,15,16,17,18). The van der Waals surface area contributed by atoms with Crippen LogP contribution in [0, 0.1) is 13.8 Å². The zero-order valence-corrected chi connectivity index (χ0v) is 11.2. The van der Waals surface area contributed by atoms with E-state index in [1.165, 1.54) is 0 Å². The summed E-state index contributed by atoms with van der Waals surface area (Å²) in [6.45, 7) is 3.88. The highest BCUT2D eigenvalue weighted by molar-refractivity contribution is 5.62. The molecule has 0 atom stereocenters. The van der Waals surface area contributed by atoms with Gasteiger partial charge in [0.15, 0.2) is 0 Å². The lowest BCUT2D eigenvalue weighted by Gasteiger charge is -2.11. The second kappa shape index (κ2) is 5.53. The summed E-state index contributed by atoms with van der Waals surface area (Å²) in [6, 6.07) is 7.65. The highest BCUT2D eigenvalue weighted by Gasteiger charge is 2.04. The molecule has 6 nitrogen and oxygen atoms in total. The summed E-state index contributed by atoms with van der Waals surface area (Å²) in [5, 5.41) is 3.24. The first-order valence-corrected chi connectivity index (χ1v) is 5.86. The number of aryl methyl sites for hydroxylation is 2.